The summed E-state index contributed by atoms with van der Waals surface area (Å²) in [6.45, 7) is 2.25. The largest absolute Gasteiger partial charge is 0.462 e. The van der Waals surface area contributed by atoms with Crippen LogP contribution in [-0.4, -0.2) is 12.6 Å². The van der Waals surface area contributed by atoms with Crippen molar-refractivity contribution in [3.05, 3.63) is 41.0 Å². The standard InChI is InChI=1S/C17H20O2/c1-2-19-17(18)14-6-3-12(4-7-14)9-16-11-13-5-8-15(16)10-13/h3-4,6-7,9,13,15H,2,5,8,10-11H2,1H3. The Kier molecular flexibility index (Phi) is 3.41. The molecule has 0 heterocycles. The molecule has 0 spiro atoms. The zero-order valence-corrected chi connectivity index (χ0v) is 11.4. The second-order valence-corrected chi connectivity index (χ2v) is 5.64. The number of carbonyl (C=O) groups excluding carboxylic acids is 1. The molecular weight excluding hydrogens is 236 g/mol. The van der Waals surface area contributed by atoms with E-state index in [0.29, 0.717) is 12.2 Å². The van der Waals surface area contributed by atoms with Gasteiger partial charge in [-0.2, -0.15) is 0 Å². The molecule has 3 rings (SSSR count). The number of ether oxygens (including phenoxy) is 1. The minimum Gasteiger partial charge on any atom is -0.462 e. The van der Waals surface area contributed by atoms with E-state index in [2.05, 4.69) is 6.08 Å². The molecule has 2 unspecified atom stereocenters. The number of rotatable bonds is 3. The number of benzene rings is 1. The highest BCUT2D eigenvalue weighted by molar-refractivity contribution is 5.89. The van der Waals surface area contributed by atoms with Gasteiger partial charge in [0.2, 0.25) is 0 Å². The SMILES string of the molecule is CCOC(=O)c1ccc(C=C2CC3CCC2C3)cc1. The van der Waals surface area contributed by atoms with Gasteiger partial charge in [0.1, 0.15) is 0 Å². The predicted octanol–water partition coefficient (Wildman–Crippen LogP) is 4.07. The molecule has 2 fully saturated rings. The van der Waals surface area contributed by atoms with Gasteiger partial charge in [-0.05, 0) is 62.1 Å². The van der Waals surface area contributed by atoms with Crippen LogP contribution in [0, 0.1) is 11.8 Å². The molecule has 1 aromatic carbocycles. The monoisotopic (exact) mass is 256 g/mol. The Hall–Kier alpha value is -1.57. The summed E-state index contributed by atoms with van der Waals surface area (Å²) in [5.74, 6) is 1.53. The smallest absolute Gasteiger partial charge is 0.338 e. The number of carbonyl (C=O) groups is 1. The van der Waals surface area contributed by atoms with Crippen LogP contribution in [0.4, 0.5) is 0 Å². The van der Waals surface area contributed by atoms with Crippen LogP contribution in [0.5, 0.6) is 0 Å². The van der Waals surface area contributed by atoms with Gasteiger partial charge in [0.15, 0.2) is 0 Å². The first-order chi connectivity index (χ1) is 9.26. The molecule has 0 saturated heterocycles. The molecule has 2 bridgehead atoms. The van der Waals surface area contributed by atoms with Gasteiger partial charge >= 0.3 is 5.97 Å². The average Bonchev–Trinajstić information content (AvgIpc) is 3.02. The topological polar surface area (TPSA) is 26.3 Å². The zero-order chi connectivity index (χ0) is 13.2. The Morgan fingerprint density at radius 1 is 1.32 bits per heavy atom. The maximum absolute atomic E-state index is 11.6. The molecule has 0 aliphatic heterocycles. The molecule has 0 aromatic heterocycles. The van der Waals surface area contributed by atoms with E-state index >= 15 is 0 Å². The van der Waals surface area contributed by atoms with Crippen molar-refractivity contribution in [3.63, 3.8) is 0 Å². The maximum Gasteiger partial charge on any atom is 0.338 e. The Morgan fingerprint density at radius 2 is 2.11 bits per heavy atom. The fourth-order valence-corrected chi connectivity index (χ4v) is 3.42. The van der Waals surface area contributed by atoms with Crippen molar-refractivity contribution in [1.82, 2.24) is 0 Å². The molecule has 2 heteroatoms. The van der Waals surface area contributed by atoms with Gasteiger partial charge in [0.25, 0.3) is 0 Å². The molecule has 2 nitrogen and oxygen atoms in total. The van der Waals surface area contributed by atoms with Crippen molar-refractivity contribution in [2.75, 3.05) is 6.61 Å². The first-order valence-electron chi connectivity index (χ1n) is 7.24. The van der Waals surface area contributed by atoms with Gasteiger partial charge in [-0.1, -0.05) is 23.8 Å². The van der Waals surface area contributed by atoms with Crippen molar-refractivity contribution >= 4 is 12.0 Å². The second-order valence-electron chi connectivity index (χ2n) is 5.64. The normalized spacial score (nSPS) is 26.9. The number of hydrogen-bond acceptors (Lipinski definition) is 2. The lowest BCUT2D eigenvalue weighted by Gasteiger charge is -2.13. The van der Waals surface area contributed by atoms with Crippen molar-refractivity contribution in [2.24, 2.45) is 11.8 Å². The molecule has 19 heavy (non-hydrogen) atoms. The van der Waals surface area contributed by atoms with Crippen molar-refractivity contribution < 1.29 is 9.53 Å². The van der Waals surface area contributed by atoms with Crippen LogP contribution in [0.15, 0.2) is 29.8 Å². The lowest BCUT2D eigenvalue weighted by atomic mass is 9.93. The van der Waals surface area contributed by atoms with Crippen LogP contribution < -0.4 is 0 Å². The summed E-state index contributed by atoms with van der Waals surface area (Å²) < 4.78 is 4.99. The van der Waals surface area contributed by atoms with Crippen LogP contribution in [0.25, 0.3) is 6.08 Å². The molecular formula is C17H20O2. The highest BCUT2D eigenvalue weighted by Gasteiger charge is 2.34. The Bertz CT molecular complexity index is 498. The van der Waals surface area contributed by atoms with Gasteiger partial charge in [0, 0.05) is 0 Å². The molecule has 0 radical (unpaired) electrons. The molecule has 2 saturated carbocycles. The van der Waals surface area contributed by atoms with Gasteiger partial charge in [-0.15, -0.1) is 0 Å². The van der Waals surface area contributed by atoms with Gasteiger partial charge in [-0.3, -0.25) is 0 Å². The third-order valence-corrected chi connectivity index (χ3v) is 4.36. The van der Waals surface area contributed by atoms with E-state index in [1.54, 1.807) is 5.57 Å². The molecule has 2 aliphatic rings. The lowest BCUT2D eigenvalue weighted by molar-refractivity contribution is 0.0526. The number of allylic oxidation sites excluding steroid dienone is 1. The van der Waals surface area contributed by atoms with Crippen LogP contribution in [0.1, 0.15) is 48.5 Å². The molecule has 0 N–H and O–H groups in total. The Balaban J connectivity index is 1.73. The van der Waals surface area contributed by atoms with E-state index < -0.39 is 0 Å². The van der Waals surface area contributed by atoms with E-state index in [4.69, 9.17) is 4.74 Å². The summed E-state index contributed by atoms with van der Waals surface area (Å²) >= 11 is 0. The summed E-state index contributed by atoms with van der Waals surface area (Å²) in [6.07, 6.45) is 7.79. The zero-order valence-electron chi connectivity index (χ0n) is 11.4. The van der Waals surface area contributed by atoms with E-state index in [0.717, 1.165) is 11.8 Å². The Morgan fingerprint density at radius 3 is 2.68 bits per heavy atom. The van der Waals surface area contributed by atoms with Crippen LogP contribution in [-0.2, 0) is 4.74 Å². The molecule has 2 atom stereocenters. The molecule has 0 amide bonds. The fraction of sp³-hybridized carbons (Fsp3) is 0.471. The summed E-state index contributed by atoms with van der Waals surface area (Å²) in [6, 6.07) is 7.76. The highest BCUT2D eigenvalue weighted by Crippen LogP contribution is 2.48. The van der Waals surface area contributed by atoms with Gasteiger partial charge < -0.3 is 4.74 Å². The third-order valence-electron chi connectivity index (χ3n) is 4.36. The molecule has 2 aliphatic carbocycles. The predicted molar refractivity (Wildman–Crippen MR) is 75.8 cm³/mol. The highest BCUT2D eigenvalue weighted by atomic mass is 16.5. The second kappa shape index (κ2) is 5.20. The van der Waals surface area contributed by atoms with E-state index in [1.807, 2.05) is 31.2 Å². The number of fused-ring (bicyclic) bond motifs is 2. The lowest BCUT2D eigenvalue weighted by Crippen LogP contribution is -2.04. The van der Waals surface area contributed by atoms with Crippen LogP contribution in [0.2, 0.25) is 0 Å². The third kappa shape index (κ3) is 2.58. The molecule has 100 valence electrons. The summed E-state index contributed by atoms with van der Waals surface area (Å²) in [4.78, 5) is 11.6. The van der Waals surface area contributed by atoms with Crippen LogP contribution in [0.3, 0.4) is 0 Å². The van der Waals surface area contributed by atoms with Crippen molar-refractivity contribution in [1.29, 1.82) is 0 Å². The maximum atomic E-state index is 11.6. The average molecular weight is 256 g/mol. The van der Waals surface area contributed by atoms with E-state index in [1.165, 1.54) is 31.2 Å². The summed E-state index contributed by atoms with van der Waals surface area (Å²) in [5.41, 5.74) is 3.45. The summed E-state index contributed by atoms with van der Waals surface area (Å²) in [7, 11) is 0. The minimum atomic E-state index is -0.235. The minimum absolute atomic E-state index is 0.235. The number of esters is 1. The number of hydrogen-bond donors (Lipinski definition) is 0. The van der Waals surface area contributed by atoms with E-state index in [9.17, 15) is 4.79 Å². The van der Waals surface area contributed by atoms with Crippen LogP contribution >= 0.6 is 0 Å². The summed E-state index contributed by atoms with van der Waals surface area (Å²) in [5, 5.41) is 0. The van der Waals surface area contributed by atoms with E-state index in [-0.39, 0.29) is 5.97 Å². The fourth-order valence-electron chi connectivity index (χ4n) is 3.42. The van der Waals surface area contributed by atoms with Gasteiger partial charge in [-0.25, -0.2) is 4.79 Å². The van der Waals surface area contributed by atoms with Gasteiger partial charge in [0.05, 0.1) is 12.2 Å². The first kappa shape index (κ1) is 12.5. The van der Waals surface area contributed by atoms with Crippen molar-refractivity contribution in [2.45, 2.75) is 32.6 Å². The van der Waals surface area contributed by atoms with Crippen molar-refractivity contribution in [3.8, 4) is 0 Å². The quantitative estimate of drug-likeness (QED) is 0.762. The first-order valence-corrected chi connectivity index (χ1v) is 7.24. The Labute approximate surface area is 114 Å². The molecule has 1 aromatic rings.